The Labute approximate surface area is 121 Å². The molecule has 1 saturated heterocycles. The Balaban J connectivity index is 2.63. The maximum atomic E-state index is 14.3. The smallest absolute Gasteiger partial charge is 0.410 e. The molecule has 0 aromatic heterocycles. The molecule has 0 aliphatic carbocycles. The van der Waals surface area contributed by atoms with Crippen molar-refractivity contribution in [2.75, 3.05) is 6.54 Å². The van der Waals surface area contributed by atoms with Crippen molar-refractivity contribution in [3.63, 3.8) is 0 Å². The Morgan fingerprint density at radius 1 is 1.45 bits per heavy atom. The van der Waals surface area contributed by atoms with Crippen molar-refractivity contribution in [2.24, 2.45) is 0 Å². The minimum Gasteiger partial charge on any atom is -0.444 e. The van der Waals surface area contributed by atoms with Crippen LogP contribution in [0.3, 0.4) is 0 Å². The Hall–Kier alpha value is -0.840. The summed E-state index contributed by atoms with van der Waals surface area (Å²) in [4.78, 5) is 13.4. The Bertz CT molecular complexity index is 317. The topological polar surface area (TPSA) is 49.8 Å². The van der Waals surface area contributed by atoms with E-state index in [0.717, 1.165) is 19.3 Å². The van der Waals surface area contributed by atoms with Crippen molar-refractivity contribution in [3.8, 4) is 0 Å². The lowest BCUT2D eigenvalue weighted by molar-refractivity contribution is 0.000407. The number of aliphatic hydroxyl groups excluding tert-OH is 1. The molecule has 0 saturated carbocycles. The van der Waals surface area contributed by atoms with Crippen LogP contribution in [0.4, 0.5) is 9.18 Å². The number of unbranched alkanes of at least 4 members (excludes halogenated alkanes) is 2. The highest BCUT2D eigenvalue weighted by Crippen LogP contribution is 2.27. The second kappa shape index (κ2) is 7.25. The highest BCUT2D eigenvalue weighted by Gasteiger charge is 2.42. The number of nitrogens with zero attached hydrogens (tertiary/aromatic N) is 1. The van der Waals surface area contributed by atoms with Gasteiger partial charge in [0.25, 0.3) is 0 Å². The van der Waals surface area contributed by atoms with Crippen LogP contribution in [0.2, 0.25) is 0 Å². The first-order chi connectivity index (χ1) is 9.26. The van der Waals surface area contributed by atoms with Gasteiger partial charge in [-0.15, -0.1) is 0 Å². The zero-order chi connectivity index (χ0) is 15.3. The summed E-state index contributed by atoms with van der Waals surface area (Å²) in [5, 5.41) is 9.94. The Kier molecular flexibility index (Phi) is 6.24. The number of hydrogen-bond donors (Lipinski definition) is 1. The van der Waals surface area contributed by atoms with E-state index >= 15 is 0 Å². The maximum absolute atomic E-state index is 14.3. The first-order valence-corrected chi connectivity index (χ1v) is 7.58. The summed E-state index contributed by atoms with van der Waals surface area (Å²) >= 11 is 0. The Morgan fingerprint density at radius 2 is 2.10 bits per heavy atom. The summed E-state index contributed by atoms with van der Waals surface area (Å²) < 4.78 is 19.6. The van der Waals surface area contributed by atoms with Gasteiger partial charge in [-0.1, -0.05) is 26.2 Å². The molecular formula is C15H28FNO3. The van der Waals surface area contributed by atoms with Crippen molar-refractivity contribution in [3.05, 3.63) is 0 Å². The quantitative estimate of drug-likeness (QED) is 0.790. The normalized spacial score (nSPS) is 24.8. The van der Waals surface area contributed by atoms with Crippen LogP contribution in [0, 0.1) is 0 Å². The zero-order valence-corrected chi connectivity index (χ0v) is 13.1. The van der Waals surface area contributed by atoms with E-state index in [1.54, 1.807) is 20.8 Å². The van der Waals surface area contributed by atoms with E-state index in [1.165, 1.54) is 4.90 Å². The number of halogens is 1. The first kappa shape index (κ1) is 17.2. The molecule has 5 heteroatoms. The van der Waals surface area contributed by atoms with Gasteiger partial charge in [0.2, 0.25) is 0 Å². The number of carbonyl (C=O) groups excluding carboxylic acids is 1. The van der Waals surface area contributed by atoms with E-state index in [4.69, 9.17) is 4.74 Å². The molecule has 0 bridgehead atoms. The third-order valence-electron chi connectivity index (χ3n) is 3.50. The maximum Gasteiger partial charge on any atom is 0.410 e. The molecule has 1 heterocycles. The minimum atomic E-state index is -1.19. The van der Waals surface area contributed by atoms with Gasteiger partial charge in [-0.25, -0.2) is 9.18 Å². The molecule has 0 unspecified atom stereocenters. The molecule has 0 aromatic rings. The van der Waals surface area contributed by atoms with Crippen molar-refractivity contribution >= 4 is 6.09 Å². The Morgan fingerprint density at radius 3 is 2.65 bits per heavy atom. The molecule has 118 valence electrons. The SMILES string of the molecule is CCCCC[C@H](F)[C@@H]1[C@H](O)CCN1C(=O)OC(C)(C)C. The van der Waals surface area contributed by atoms with Crippen LogP contribution in [-0.2, 0) is 4.74 Å². The van der Waals surface area contributed by atoms with Crippen LogP contribution in [0.25, 0.3) is 0 Å². The number of likely N-dealkylation sites (tertiary alicyclic amines) is 1. The number of alkyl halides is 1. The molecule has 1 aliphatic heterocycles. The van der Waals surface area contributed by atoms with E-state index in [0.29, 0.717) is 19.4 Å². The molecule has 1 fully saturated rings. The number of rotatable bonds is 5. The fraction of sp³-hybridized carbons (Fsp3) is 0.933. The van der Waals surface area contributed by atoms with Gasteiger partial charge in [-0.05, 0) is 33.6 Å². The van der Waals surface area contributed by atoms with Gasteiger partial charge in [0.1, 0.15) is 11.8 Å². The summed E-state index contributed by atoms with van der Waals surface area (Å²) in [6, 6.07) is -0.762. The molecule has 1 rings (SSSR count). The number of ether oxygens (including phenoxy) is 1. The molecule has 0 spiro atoms. The largest absolute Gasteiger partial charge is 0.444 e. The lowest BCUT2D eigenvalue weighted by atomic mass is 10.0. The van der Waals surface area contributed by atoms with E-state index < -0.39 is 30.0 Å². The summed E-state index contributed by atoms with van der Waals surface area (Å²) in [5.41, 5.74) is -0.608. The third kappa shape index (κ3) is 4.93. The van der Waals surface area contributed by atoms with Crippen LogP contribution >= 0.6 is 0 Å². The van der Waals surface area contributed by atoms with E-state index in [2.05, 4.69) is 6.92 Å². The predicted molar refractivity (Wildman–Crippen MR) is 76.4 cm³/mol. The first-order valence-electron chi connectivity index (χ1n) is 7.58. The highest BCUT2D eigenvalue weighted by atomic mass is 19.1. The molecular weight excluding hydrogens is 261 g/mol. The van der Waals surface area contributed by atoms with Gasteiger partial charge < -0.3 is 9.84 Å². The van der Waals surface area contributed by atoms with Gasteiger partial charge >= 0.3 is 6.09 Å². The van der Waals surface area contributed by atoms with Crippen LogP contribution in [0.15, 0.2) is 0 Å². The molecule has 0 aromatic carbocycles. The second-order valence-electron chi connectivity index (χ2n) is 6.53. The van der Waals surface area contributed by atoms with Crippen molar-refractivity contribution in [1.82, 2.24) is 4.90 Å². The molecule has 1 aliphatic rings. The van der Waals surface area contributed by atoms with Gasteiger partial charge in [0.15, 0.2) is 0 Å². The van der Waals surface area contributed by atoms with Crippen molar-refractivity contribution in [2.45, 2.75) is 83.7 Å². The summed E-state index contributed by atoms with van der Waals surface area (Å²) in [6.45, 7) is 7.75. The molecule has 0 radical (unpaired) electrons. The number of amides is 1. The zero-order valence-electron chi connectivity index (χ0n) is 13.1. The molecule has 4 nitrogen and oxygen atoms in total. The summed E-state index contributed by atoms with van der Waals surface area (Å²) in [5.74, 6) is 0. The average Bonchev–Trinajstić information content (AvgIpc) is 2.69. The lowest BCUT2D eigenvalue weighted by Crippen LogP contribution is -2.47. The summed E-state index contributed by atoms with van der Waals surface area (Å²) in [6.07, 6.45) is 1.06. The van der Waals surface area contributed by atoms with Crippen molar-refractivity contribution < 1.29 is 19.0 Å². The van der Waals surface area contributed by atoms with Gasteiger partial charge in [-0.2, -0.15) is 0 Å². The third-order valence-corrected chi connectivity index (χ3v) is 3.50. The van der Waals surface area contributed by atoms with Crippen LogP contribution < -0.4 is 0 Å². The second-order valence-corrected chi connectivity index (χ2v) is 6.53. The van der Waals surface area contributed by atoms with E-state index in [1.807, 2.05) is 0 Å². The number of aliphatic hydroxyl groups is 1. The number of carbonyl (C=O) groups is 1. The van der Waals surface area contributed by atoms with Gasteiger partial charge in [0, 0.05) is 6.54 Å². The van der Waals surface area contributed by atoms with Gasteiger partial charge in [-0.3, -0.25) is 4.90 Å². The number of hydrogen-bond acceptors (Lipinski definition) is 3. The molecule has 1 amide bonds. The lowest BCUT2D eigenvalue weighted by Gasteiger charge is -2.31. The molecule has 20 heavy (non-hydrogen) atoms. The standard InChI is InChI=1S/C15H28FNO3/c1-5-6-7-8-11(16)13-12(18)9-10-17(13)14(19)20-15(2,3)4/h11-13,18H,5-10H2,1-4H3/t11-,12+,13+/m0/s1. The summed E-state index contributed by atoms with van der Waals surface area (Å²) in [7, 11) is 0. The van der Waals surface area contributed by atoms with E-state index in [9.17, 15) is 14.3 Å². The molecule has 3 atom stereocenters. The predicted octanol–water partition coefficient (Wildman–Crippen LogP) is 3.28. The van der Waals surface area contributed by atoms with Gasteiger partial charge in [0.05, 0.1) is 12.1 Å². The van der Waals surface area contributed by atoms with Crippen LogP contribution in [0.1, 0.15) is 59.8 Å². The minimum absolute atomic E-state index is 0.356. The average molecular weight is 289 g/mol. The van der Waals surface area contributed by atoms with Crippen LogP contribution in [-0.4, -0.2) is 46.6 Å². The van der Waals surface area contributed by atoms with Crippen molar-refractivity contribution in [1.29, 1.82) is 0 Å². The highest BCUT2D eigenvalue weighted by molar-refractivity contribution is 5.69. The fourth-order valence-corrected chi connectivity index (χ4v) is 2.53. The van der Waals surface area contributed by atoms with Crippen LogP contribution in [0.5, 0.6) is 0 Å². The fourth-order valence-electron chi connectivity index (χ4n) is 2.53. The molecule has 1 N–H and O–H groups in total. The monoisotopic (exact) mass is 289 g/mol. The van der Waals surface area contributed by atoms with E-state index in [-0.39, 0.29) is 0 Å².